The van der Waals surface area contributed by atoms with Gasteiger partial charge in [0.05, 0.1) is 13.4 Å². The Balaban J connectivity index is 0.00000461. The Bertz CT molecular complexity index is 1680. The molecule has 3 aromatic carbocycles. The van der Waals surface area contributed by atoms with E-state index in [9.17, 15) is 17.6 Å². The van der Waals surface area contributed by atoms with Crippen LogP contribution >= 0.6 is 12.4 Å². The van der Waals surface area contributed by atoms with Crippen LogP contribution in [-0.4, -0.2) is 56.7 Å². The van der Waals surface area contributed by atoms with E-state index in [4.69, 9.17) is 9.47 Å². The molecule has 1 aliphatic rings. The zero-order valence-corrected chi connectivity index (χ0v) is 26.5. The van der Waals surface area contributed by atoms with Gasteiger partial charge in [-0.1, -0.05) is 6.07 Å². The molecule has 1 aromatic heterocycles. The number of piperidine rings is 1. The lowest BCUT2D eigenvalue weighted by Crippen LogP contribution is -2.38. The van der Waals surface area contributed by atoms with Gasteiger partial charge in [-0.3, -0.25) is 14.4 Å². The van der Waals surface area contributed by atoms with Gasteiger partial charge in [-0.2, -0.15) is 0 Å². The normalized spacial score (nSPS) is 13.8. The summed E-state index contributed by atoms with van der Waals surface area (Å²) in [6.45, 7) is 2.65. The van der Waals surface area contributed by atoms with Crippen molar-refractivity contribution in [3.05, 3.63) is 102 Å². The highest BCUT2D eigenvalue weighted by Crippen LogP contribution is 2.24. The predicted molar refractivity (Wildman–Crippen MR) is 176 cm³/mol. The van der Waals surface area contributed by atoms with Gasteiger partial charge in [0.1, 0.15) is 5.75 Å². The maximum Gasteiger partial charge on any atom is 0.255 e. The van der Waals surface area contributed by atoms with E-state index < -0.39 is 15.8 Å². The van der Waals surface area contributed by atoms with Crippen LogP contribution in [-0.2, 0) is 16.6 Å². The van der Waals surface area contributed by atoms with E-state index in [-0.39, 0.29) is 24.1 Å². The van der Waals surface area contributed by atoms with Gasteiger partial charge in [0.15, 0.2) is 11.6 Å². The molecule has 0 atom stereocenters. The molecule has 13 heteroatoms. The number of hydrogen-bond acceptors (Lipinski definition) is 8. The number of pyridine rings is 1. The third kappa shape index (κ3) is 9.80. The minimum Gasteiger partial charge on any atom is -0.494 e. The Morgan fingerprint density at radius 1 is 0.956 bits per heavy atom. The van der Waals surface area contributed by atoms with E-state index in [0.717, 1.165) is 50.0 Å². The highest BCUT2D eigenvalue weighted by atomic mass is 35.5. The molecule has 0 unspecified atom stereocenters. The fourth-order valence-electron chi connectivity index (χ4n) is 4.89. The largest absolute Gasteiger partial charge is 0.494 e. The number of benzene rings is 3. The lowest BCUT2D eigenvalue weighted by atomic mass is 10.0. The fourth-order valence-corrected chi connectivity index (χ4v) is 5.45. The van der Waals surface area contributed by atoms with Gasteiger partial charge in [0.25, 0.3) is 5.91 Å². The first kappa shape index (κ1) is 33.5. The van der Waals surface area contributed by atoms with Crippen LogP contribution in [0.1, 0.15) is 28.8 Å². The van der Waals surface area contributed by atoms with Crippen LogP contribution in [0, 0.1) is 5.82 Å². The second kappa shape index (κ2) is 15.1. The Labute approximate surface area is 268 Å². The summed E-state index contributed by atoms with van der Waals surface area (Å²) in [5, 5.41) is 6.27. The van der Waals surface area contributed by atoms with E-state index >= 15 is 0 Å². The Hall–Kier alpha value is -4.39. The van der Waals surface area contributed by atoms with Crippen molar-refractivity contribution in [2.24, 2.45) is 0 Å². The highest BCUT2D eigenvalue weighted by molar-refractivity contribution is 7.92. The van der Waals surface area contributed by atoms with Gasteiger partial charge in [0.2, 0.25) is 15.9 Å². The molecule has 2 heterocycles. The Morgan fingerprint density at radius 2 is 1.62 bits per heavy atom. The van der Waals surface area contributed by atoms with Crippen molar-refractivity contribution in [3.8, 4) is 17.4 Å². The smallest absolute Gasteiger partial charge is 0.255 e. The molecule has 0 spiro atoms. The van der Waals surface area contributed by atoms with Crippen molar-refractivity contribution in [2.45, 2.75) is 25.4 Å². The topological polar surface area (TPSA) is 122 Å². The molecule has 10 nitrogen and oxygen atoms in total. The van der Waals surface area contributed by atoms with Gasteiger partial charge in [-0.15, -0.1) is 12.4 Å². The van der Waals surface area contributed by atoms with Crippen molar-refractivity contribution in [1.29, 1.82) is 0 Å². The maximum absolute atomic E-state index is 13.9. The quantitative estimate of drug-likeness (QED) is 0.176. The van der Waals surface area contributed by atoms with Crippen LogP contribution in [0.2, 0.25) is 0 Å². The van der Waals surface area contributed by atoms with Crippen molar-refractivity contribution >= 4 is 45.4 Å². The Morgan fingerprint density at radius 3 is 2.22 bits per heavy atom. The van der Waals surface area contributed by atoms with Crippen molar-refractivity contribution in [1.82, 2.24) is 9.88 Å². The molecule has 1 amide bonds. The number of aromatic nitrogens is 1. The highest BCUT2D eigenvalue weighted by Gasteiger charge is 2.19. The monoisotopic (exact) mass is 655 g/mol. The van der Waals surface area contributed by atoms with E-state index in [1.807, 2.05) is 30.5 Å². The van der Waals surface area contributed by atoms with Gasteiger partial charge in [-0.05, 0) is 79.1 Å². The number of anilines is 3. The van der Waals surface area contributed by atoms with Gasteiger partial charge in [-0.25, -0.2) is 17.8 Å². The first-order valence-corrected chi connectivity index (χ1v) is 16.0. The summed E-state index contributed by atoms with van der Waals surface area (Å²) in [7, 11) is -1.94. The molecule has 0 aliphatic carbocycles. The van der Waals surface area contributed by atoms with Crippen molar-refractivity contribution in [2.75, 3.05) is 41.8 Å². The molecule has 5 rings (SSSR count). The number of nitrogens with one attached hydrogen (secondary N) is 3. The van der Waals surface area contributed by atoms with Gasteiger partial charge in [0, 0.05) is 66.6 Å². The summed E-state index contributed by atoms with van der Waals surface area (Å²) in [5.41, 5.74) is 3.33. The van der Waals surface area contributed by atoms with Crippen LogP contribution in [0.3, 0.4) is 0 Å². The molecule has 1 aliphatic heterocycles. The van der Waals surface area contributed by atoms with Crippen LogP contribution < -0.4 is 24.8 Å². The molecule has 0 bridgehead atoms. The summed E-state index contributed by atoms with van der Waals surface area (Å²) in [5.74, 6) is 0.278. The minimum absolute atomic E-state index is 0. The standard InChI is InChI=1S/C32H34FN5O5S.ClH/c1-42-30-13-10-27(19-29(30)33)36-32(39)23-4-6-24(7-5-23)35-25-15-17-38(18-16-25)21-22-3-14-31(34-20-22)43-28-11-8-26(9-12-28)37-44(2,40)41;/h3-14,19-20,25,35,37H,15-18,21H2,1-2H3,(H,36,39);1H. The summed E-state index contributed by atoms with van der Waals surface area (Å²) < 4.78 is 49.8. The second-order valence-electron chi connectivity index (χ2n) is 10.6. The summed E-state index contributed by atoms with van der Waals surface area (Å²) >= 11 is 0. The number of methoxy groups -OCH3 is 1. The summed E-state index contributed by atoms with van der Waals surface area (Å²) in [6.07, 6.45) is 4.86. The van der Waals surface area contributed by atoms with Crippen LogP contribution in [0.15, 0.2) is 85.1 Å². The number of hydrogen-bond donors (Lipinski definition) is 3. The lowest BCUT2D eigenvalue weighted by molar-refractivity contribution is 0.102. The van der Waals surface area contributed by atoms with Crippen LogP contribution in [0.5, 0.6) is 17.4 Å². The van der Waals surface area contributed by atoms with Crippen LogP contribution in [0.4, 0.5) is 21.5 Å². The van der Waals surface area contributed by atoms with Gasteiger partial charge >= 0.3 is 0 Å². The zero-order chi connectivity index (χ0) is 31.1. The SMILES string of the molecule is COc1ccc(NC(=O)c2ccc(NC3CCN(Cc4ccc(Oc5ccc(NS(C)(=O)=O)cc5)nc4)CC3)cc2)cc1F.Cl. The number of halogens is 2. The number of carbonyl (C=O) groups excluding carboxylic acids is 1. The average Bonchev–Trinajstić information content (AvgIpc) is 3.00. The number of rotatable bonds is 11. The number of nitrogens with zero attached hydrogens (tertiary/aromatic N) is 2. The first-order chi connectivity index (χ1) is 21.1. The average molecular weight is 656 g/mol. The molecule has 4 aromatic rings. The lowest BCUT2D eigenvalue weighted by Gasteiger charge is -2.32. The summed E-state index contributed by atoms with van der Waals surface area (Å²) in [4.78, 5) is 19.4. The number of carbonyl (C=O) groups is 1. The zero-order valence-electron chi connectivity index (χ0n) is 24.8. The molecule has 238 valence electrons. The summed E-state index contributed by atoms with van der Waals surface area (Å²) in [6, 6.07) is 22.3. The molecule has 3 N–H and O–H groups in total. The molecule has 0 radical (unpaired) electrons. The number of sulfonamides is 1. The van der Waals surface area contributed by atoms with E-state index in [1.54, 1.807) is 42.5 Å². The third-order valence-corrected chi connectivity index (χ3v) is 7.71. The molecular weight excluding hydrogens is 621 g/mol. The van der Waals surface area contributed by atoms with E-state index in [2.05, 4.69) is 25.2 Å². The second-order valence-corrected chi connectivity index (χ2v) is 12.3. The van der Waals surface area contributed by atoms with Crippen LogP contribution in [0.25, 0.3) is 0 Å². The number of ether oxygens (including phenoxy) is 2. The van der Waals surface area contributed by atoms with Crippen molar-refractivity contribution < 1.29 is 27.1 Å². The van der Waals surface area contributed by atoms with Gasteiger partial charge < -0.3 is 20.1 Å². The fraction of sp³-hybridized carbons (Fsp3) is 0.250. The molecule has 1 saturated heterocycles. The number of likely N-dealkylation sites (tertiary alicyclic amines) is 1. The molecular formula is C32H35ClFN5O5S. The molecule has 1 fully saturated rings. The minimum atomic E-state index is -3.33. The Kier molecular flexibility index (Phi) is 11.2. The first-order valence-electron chi connectivity index (χ1n) is 14.1. The predicted octanol–water partition coefficient (Wildman–Crippen LogP) is 6.14. The van der Waals surface area contributed by atoms with Crippen molar-refractivity contribution in [3.63, 3.8) is 0 Å². The third-order valence-electron chi connectivity index (χ3n) is 7.10. The van der Waals surface area contributed by atoms with E-state index in [0.29, 0.717) is 34.6 Å². The molecule has 0 saturated carbocycles. The molecule has 45 heavy (non-hydrogen) atoms. The maximum atomic E-state index is 13.9. The van der Waals surface area contributed by atoms with E-state index in [1.165, 1.54) is 19.2 Å². The number of amides is 1.